The molecular weight excluding hydrogens is 362 g/mol. The summed E-state index contributed by atoms with van der Waals surface area (Å²) in [4.78, 5) is 20.6. The predicted octanol–water partition coefficient (Wildman–Crippen LogP) is 3.81. The number of pyridine rings is 1. The van der Waals surface area contributed by atoms with Crippen molar-refractivity contribution in [3.63, 3.8) is 0 Å². The number of nitrogens with zero attached hydrogens (tertiary/aromatic N) is 4. The first-order valence-corrected chi connectivity index (χ1v) is 10.4. The first kappa shape index (κ1) is 19.6. The highest BCUT2D eigenvalue weighted by atomic mass is 16.2. The van der Waals surface area contributed by atoms with Crippen LogP contribution in [0.1, 0.15) is 48.7 Å². The van der Waals surface area contributed by atoms with Crippen molar-refractivity contribution >= 4 is 16.9 Å². The quantitative estimate of drug-likeness (QED) is 0.718. The lowest BCUT2D eigenvalue weighted by Crippen LogP contribution is -2.40. The van der Waals surface area contributed by atoms with Crippen molar-refractivity contribution in [3.05, 3.63) is 47.7 Å². The molecule has 1 atom stereocenters. The Morgan fingerprint density at radius 1 is 1.31 bits per heavy atom. The first-order chi connectivity index (χ1) is 14.0. The van der Waals surface area contributed by atoms with Gasteiger partial charge in [-0.3, -0.25) is 4.79 Å². The molecule has 0 bridgehead atoms. The smallest absolute Gasteiger partial charge is 0.255 e. The summed E-state index contributed by atoms with van der Waals surface area (Å²) < 4.78 is 1.91. The van der Waals surface area contributed by atoms with Gasteiger partial charge in [-0.1, -0.05) is 24.3 Å². The molecule has 3 heterocycles. The van der Waals surface area contributed by atoms with Gasteiger partial charge in [0.15, 0.2) is 5.65 Å². The van der Waals surface area contributed by atoms with Gasteiger partial charge in [-0.15, -0.1) is 0 Å². The molecule has 4 rings (SSSR count). The molecule has 0 aliphatic carbocycles. The minimum Gasteiger partial charge on any atom is -0.334 e. The Balaban J connectivity index is 1.88. The second-order valence-corrected chi connectivity index (χ2v) is 8.14. The molecule has 1 aromatic carbocycles. The van der Waals surface area contributed by atoms with Gasteiger partial charge >= 0.3 is 0 Å². The Kier molecular flexibility index (Phi) is 5.37. The molecule has 1 aliphatic rings. The zero-order chi connectivity index (χ0) is 20.5. The molecule has 6 nitrogen and oxygen atoms in total. The fourth-order valence-electron chi connectivity index (χ4n) is 4.28. The van der Waals surface area contributed by atoms with Crippen LogP contribution in [0, 0.1) is 6.92 Å². The number of likely N-dealkylation sites (N-methyl/N-ethyl adjacent to an activating group) is 1. The highest BCUT2D eigenvalue weighted by Crippen LogP contribution is 2.30. The molecule has 0 saturated carbocycles. The van der Waals surface area contributed by atoms with Gasteiger partial charge in [0, 0.05) is 30.7 Å². The van der Waals surface area contributed by atoms with Crippen LogP contribution in [-0.2, 0) is 0 Å². The minimum absolute atomic E-state index is 0.0771. The summed E-state index contributed by atoms with van der Waals surface area (Å²) >= 11 is 0. The van der Waals surface area contributed by atoms with E-state index in [1.54, 1.807) is 6.20 Å². The summed E-state index contributed by atoms with van der Waals surface area (Å²) in [5, 5.41) is 8.60. The number of amides is 1. The molecule has 6 heteroatoms. The SMILES string of the molecule is CNCC1CCCN1C(=O)c1cc(-c2ccccc2C)nc2c1cnn2C(C)C. The molecule has 29 heavy (non-hydrogen) atoms. The molecule has 0 radical (unpaired) electrons. The van der Waals surface area contributed by atoms with Crippen LogP contribution in [0.15, 0.2) is 36.5 Å². The van der Waals surface area contributed by atoms with Crippen molar-refractivity contribution in [1.29, 1.82) is 0 Å². The van der Waals surface area contributed by atoms with Crippen LogP contribution in [0.2, 0.25) is 0 Å². The van der Waals surface area contributed by atoms with Crippen molar-refractivity contribution < 1.29 is 4.79 Å². The largest absolute Gasteiger partial charge is 0.334 e. The molecule has 1 aliphatic heterocycles. The Hall–Kier alpha value is -2.73. The number of hydrogen-bond donors (Lipinski definition) is 1. The van der Waals surface area contributed by atoms with Gasteiger partial charge in [-0.2, -0.15) is 5.10 Å². The third-order valence-electron chi connectivity index (χ3n) is 5.79. The van der Waals surface area contributed by atoms with Gasteiger partial charge in [-0.25, -0.2) is 9.67 Å². The van der Waals surface area contributed by atoms with Crippen LogP contribution >= 0.6 is 0 Å². The number of aryl methyl sites for hydroxylation is 1. The Bertz CT molecular complexity index is 1040. The molecule has 0 spiro atoms. The number of rotatable bonds is 5. The van der Waals surface area contributed by atoms with Crippen molar-refractivity contribution in [2.45, 2.75) is 45.7 Å². The zero-order valence-corrected chi connectivity index (χ0v) is 17.6. The molecule has 152 valence electrons. The third-order valence-corrected chi connectivity index (χ3v) is 5.79. The zero-order valence-electron chi connectivity index (χ0n) is 17.6. The second kappa shape index (κ2) is 7.95. The van der Waals surface area contributed by atoms with Gasteiger partial charge in [-0.05, 0) is 52.3 Å². The lowest BCUT2D eigenvalue weighted by molar-refractivity contribution is 0.0739. The fourth-order valence-corrected chi connectivity index (χ4v) is 4.28. The van der Waals surface area contributed by atoms with Gasteiger partial charge in [0.2, 0.25) is 0 Å². The van der Waals surface area contributed by atoms with Crippen LogP contribution < -0.4 is 5.32 Å². The van der Waals surface area contributed by atoms with Crippen molar-refractivity contribution in [2.24, 2.45) is 0 Å². The molecule has 3 aromatic rings. The average Bonchev–Trinajstić information content (AvgIpc) is 3.34. The number of carbonyl (C=O) groups excluding carboxylic acids is 1. The lowest BCUT2D eigenvalue weighted by atomic mass is 10.0. The van der Waals surface area contributed by atoms with E-state index in [4.69, 9.17) is 4.98 Å². The van der Waals surface area contributed by atoms with Crippen LogP contribution in [0.4, 0.5) is 0 Å². The molecule has 1 saturated heterocycles. The van der Waals surface area contributed by atoms with E-state index in [1.807, 2.05) is 34.8 Å². The lowest BCUT2D eigenvalue weighted by Gasteiger charge is -2.25. The standard InChI is InChI=1S/C23H29N5O/c1-15(2)28-22-20(14-25-28)19(23(29)27-11-7-9-17(27)13-24-4)12-21(26-22)18-10-6-5-8-16(18)3/h5-6,8,10,12,14-15,17,24H,7,9,11,13H2,1-4H3. The monoisotopic (exact) mass is 391 g/mol. The Labute approximate surface area is 171 Å². The summed E-state index contributed by atoms with van der Waals surface area (Å²) in [5.74, 6) is 0.0771. The van der Waals surface area contributed by atoms with Gasteiger partial charge < -0.3 is 10.2 Å². The summed E-state index contributed by atoms with van der Waals surface area (Å²) in [5.41, 5.74) is 4.48. The number of aromatic nitrogens is 3. The maximum atomic E-state index is 13.6. The number of carbonyl (C=O) groups is 1. The van der Waals surface area contributed by atoms with E-state index in [0.717, 1.165) is 53.8 Å². The third kappa shape index (κ3) is 3.53. The number of fused-ring (bicyclic) bond motifs is 1. The van der Waals surface area contributed by atoms with Gasteiger partial charge in [0.05, 0.1) is 22.8 Å². The fraction of sp³-hybridized carbons (Fsp3) is 0.435. The minimum atomic E-state index is 0.0771. The summed E-state index contributed by atoms with van der Waals surface area (Å²) in [6.07, 6.45) is 3.87. The van der Waals surface area contributed by atoms with Crippen molar-refractivity contribution in [1.82, 2.24) is 25.0 Å². The van der Waals surface area contributed by atoms with E-state index in [1.165, 1.54) is 0 Å². The summed E-state index contributed by atoms with van der Waals surface area (Å²) in [6, 6.07) is 10.5. The van der Waals surface area contributed by atoms with E-state index in [2.05, 4.69) is 43.3 Å². The predicted molar refractivity (Wildman–Crippen MR) is 116 cm³/mol. The second-order valence-electron chi connectivity index (χ2n) is 8.14. The van der Waals surface area contributed by atoms with Crippen LogP contribution in [0.3, 0.4) is 0 Å². The average molecular weight is 392 g/mol. The highest BCUT2D eigenvalue weighted by molar-refractivity contribution is 6.06. The molecule has 1 N–H and O–H groups in total. The highest BCUT2D eigenvalue weighted by Gasteiger charge is 2.31. The molecule has 1 fully saturated rings. The number of benzene rings is 1. The summed E-state index contributed by atoms with van der Waals surface area (Å²) in [6.45, 7) is 7.85. The van der Waals surface area contributed by atoms with E-state index in [-0.39, 0.29) is 18.0 Å². The summed E-state index contributed by atoms with van der Waals surface area (Å²) in [7, 11) is 1.94. The number of likely N-dealkylation sites (tertiary alicyclic amines) is 1. The van der Waals surface area contributed by atoms with Crippen molar-refractivity contribution in [3.8, 4) is 11.3 Å². The topological polar surface area (TPSA) is 63.1 Å². The molecule has 2 aromatic heterocycles. The normalized spacial score (nSPS) is 16.9. The Morgan fingerprint density at radius 2 is 2.10 bits per heavy atom. The number of hydrogen-bond acceptors (Lipinski definition) is 4. The molecule has 1 unspecified atom stereocenters. The maximum Gasteiger partial charge on any atom is 0.255 e. The van der Waals surface area contributed by atoms with E-state index in [0.29, 0.717) is 5.56 Å². The first-order valence-electron chi connectivity index (χ1n) is 10.4. The van der Waals surface area contributed by atoms with E-state index < -0.39 is 0 Å². The molecular formula is C23H29N5O. The van der Waals surface area contributed by atoms with E-state index in [9.17, 15) is 4.79 Å². The van der Waals surface area contributed by atoms with Crippen LogP contribution in [0.25, 0.3) is 22.3 Å². The molecule has 1 amide bonds. The number of nitrogens with one attached hydrogen (secondary N) is 1. The van der Waals surface area contributed by atoms with E-state index >= 15 is 0 Å². The maximum absolute atomic E-state index is 13.6. The van der Waals surface area contributed by atoms with Crippen LogP contribution in [-0.4, -0.2) is 51.8 Å². The Morgan fingerprint density at radius 3 is 2.83 bits per heavy atom. The van der Waals surface area contributed by atoms with Gasteiger partial charge in [0.1, 0.15) is 0 Å². The van der Waals surface area contributed by atoms with Crippen molar-refractivity contribution in [2.75, 3.05) is 20.1 Å². The van der Waals surface area contributed by atoms with Gasteiger partial charge in [0.25, 0.3) is 5.91 Å². The van der Waals surface area contributed by atoms with Crippen LogP contribution in [0.5, 0.6) is 0 Å².